The van der Waals surface area contributed by atoms with Gasteiger partial charge in [-0.1, -0.05) is 0 Å². The number of hydrogen-bond donors (Lipinski definition) is 1. The number of carbonyl (C=O) groups excluding carboxylic acids is 1. The number of hydrogen-bond acceptors (Lipinski definition) is 4. The summed E-state index contributed by atoms with van der Waals surface area (Å²) in [5.41, 5.74) is 7.05. The predicted octanol–water partition coefficient (Wildman–Crippen LogP) is 0.816. The Labute approximate surface area is 82.1 Å². The Hall–Kier alpha value is -1.42. The average molecular weight is 192 g/mol. The molecular weight excluding hydrogens is 180 g/mol. The lowest BCUT2D eigenvalue weighted by atomic mass is 10.1. The van der Waals surface area contributed by atoms with Crippen LogP contribution in [-0.2, 0) is 10.3 Å². The number of rotatable bonds is 2. The zero-order valence-corrected chi connectivity index (χ0v) is 7.99. The van der Waals surface area contributed by atoms with E-state index in [9.17, 15) is 4.79 Å². The molecule has 2 rings (SSSR count). The van der Waals surface area contributed by atoms with E-state index < -0.39 is 5.97 Å². The largest absolute Gasteiger partial charge is 0.464 e. The fraction of sp³-hybridized carbons (Fsp3) is 0.400. The summed E-state index contributed by atoms with van der Waals surface area (Å²) in [4.78, 5) is 15.1. The molecule has 1 aliphatic rings. The van der Waals surface area contributed by atoms with Crippen LogP contribution in [0.3, 0.4) is 0 Å². The lowest BCUT2D eigenvalue weighted by molar-refractivity contribution is 0.0594. The minimum atomic E-state index is -0.420. The van der Waals surface area contributed by atoms with Crippen molar-refractivity contribution in [2.24, 2.45) is 5.73 Å². The molecule has 74 valence electrons. The first kappa shape index (κ1) is 9.15. The maximum atomic E-state index is 11.2. The van der Waals surface area contributed by atoms with Crippen molar-refractivity contribution in [3.05, 3.63) is 29.6 Å². The van der Waals surface area contributed by atoms with Crippen LogP contribution in [0.25, 0.3) is 0 Å². The Morgan fingerprint density at radius 3 is 2.93 bits per heavy atom. The molecular formula is C10H12N2O2. The molecule has 4 nitrogen and oxygen atoms in total. The quantitative estimate of drug-likeness (QED) is 0.704. The first-order chi connectivity index (χ1) is 6.65. The zero-order chi connectivity index (χ0) is 10.2. The zero-order valence-electron chi connectivity index (χ0n) is 7.99. The molecule has 1 fully saturated rings. The molecule has 1 heterocycles. The van der Waals surface area contributed by atoms with Gasteiger partial charge in [0.2, 0.25) is 0 Å². The van der Waals surface area contributed by atoms with Crippen molar-refractivity contribution in [1.82, 2.24) is 4.98 Å². The molecule has 0 atom stereocenters. The lowest BCUT2D eigenvalue weighted by Gasteiger charge is -2.09. The number of aromatic nitrogens is 1. The highest BCUT2D eigenvalue weighted by atomic mass is 16.5. The van der Waals surface area contributed by atoms with E-state index in [1.165, 1.54) is 7.11 Å². The molecule has 0 unspecified atom stereocenters. The van der Waals surface area contributed by atoms with Gasteiger partial charge in [-0.3, -0.25) is 0 Å². The third-order valence-electron chi connectivity index (χ3n) is 2.52. The standard InChI is InChI=1S/C10H12N2O2/c1-14-9(13)8-6-7(2-5-12-8)10(11)3-4-10/h2,5-6H,3-4,11H2,1H3. The number of carbonyl (C=O) groups is 1. The second kappa shape index (κ2) is 3.06. The molecule has 0 radical (unpaired) electrons. The van der Waals surface area contributed by atoms with Crippen LogP contribution >= 0.6 is 0 Å². The van der Waals surface area contributed by atoms with Gasteiger partial charge < -0.3 is 10.5 Å². The third kappa shape index (κ3) is 1.48. The van der Waals surface area contributed by atoms with Crippen LogP contribution in [0, 0.1) is 0 Å². The Kier molecular flexibility index (Phi) is 2.00. The highest BCUT2D eigenvalue weighted by molar-refractivity contribution is 5.87. The van der Waals surface area contributed by atoms with Crippen molar-refractivity contribution in [2.75, 3.05) is 7.11 Å². The molecule has 2 N–H and O–H groups in total. The van der Waals surface area contributed by atoms with E-state index >= 15 is 0 Å². The van der Waals surface area contributed by atoms with Gasteiger partial charge in [-0.25, -0.2) is 9.78 Å². The summed E-state index contributed by atoms with van der Waals surface area (Å²) in [6.45, 7) is 0. The van der Waals surface area contributed by atoms with E-state index in [1.54, 1.807) is 12.3 Å². The number of nitrogens with two attached hydrogens (primary N) is 1. The van der Waals surface area contributed by atoms with E-state index in [0.717, 1.165) is 18.4 Å². The smallest absolute Gasteiger partial charge is 0.356 e. The van der Waals surface area contributed by atoms with Crippen molar-refractivity contribution in [3.8, 4) is 0 Å². The highest BCUT2D eigenvalue weighted by Gasteiger charge is 2.40. The number of pyridine rings is 1. The van der Waals surface area contributed by atoms with Crippen LogP contribution in [0.2, 0.25) is 0 Å². The van der Waals surface area contributed by atoms with Gasteiger partial charge in [0.1, 0.15) is 5.69 Å². The molecule has 1 aliphatic carbocycles. The van der Waals surface area contributed by atoms with Gasteiger partial charge in [0.25, 0.3) is 0 Å². The van der Waals surface area contributed by atoms with E-state index in [-0.39, 0.29) is 5.54 Å². The summed E-state index contributed by atoms with van der Waals surface area (Å²) >= 11 is 0. The van der Waals surface area contributed by atoms with Crippen LogP contribution in [0.4, 0.5) is 0 Å². The Morgan fingerprint density at radius 2 is 2.36 bits per heavy atom. The number of methoxy groups -OCH3 is 1. The summed E-state index contributed by atoms with van der Waals surface area (Å²) in [5.74, 6) is -0.420. The second-order valence-electron chi connectivity index (χ2n) is 3.58. The topological polar surface area (TPSA) is 65.2 Å². The monoisotopic (exact) mass is 192 g/mol. The molecule has 1 aromatic heterocycles. The Morgan fingerprint density at radius 1 is 1.64 bits per heavy atom. The van der Waals surface area contributed by atoms with Gasteiger partial charge in [-0.2, -0.15) is 0 Å². The molecule has 0 aromatic carbocycles. The average Bonchev–Trinajstić information content (AvgIpc) is 2.97. The lowest BCUT2D eigenvalue weighted by Crippen LogP contribution is -2.19. The van der Waals surface area contributed by atoms with E-state index in [2.05, 4.69) is 9.72 Å². The fourth-order valence-electron chi connectivity index (χ4n) is 1.38. The van der Waals surface area contributed by atoms with E-state index in [1.807, 2.05) is 6.07 Å². The third-order valence-corrected chi connectivity index (χ3v) is 2.52. The molecule has 14 heavy (non-hydrogen) atoms. The first-order valence-corrected chi connectivity index (χ1v) is 4.49. The minimum absolute atomic E-state index is 0.230. The van der Waals surface area contributed by atoms with Crippen LogP contribution < -0.4 is 5.73 Å². The summed E-state index contributed by atoms with van der Waals surface area (Å²) < 4.78 is 4.58. The minimum Gasteiger partial charge on any atom is -0.464 e. The van der Waals surface area contributed by atoms with Gasteiger partial charge in [0.05, 0.1) is 7.11 Å². The van der Waals surface area contributed by atoms with Crippen molar-refractivity contribution >= 4 is 5.97 Å². The van der Waals surface area contributed by atoms with Crippen LogP contribution in [0.15, 0.2) is 18.3 Å². The van der Waals surface area contributed by atoms with Crippen molar-refractivity contribution in [1.29, 1.82) is 0 Å². The number of esters is 1. The van der Waals surface area contributed by atoms with Crippen LogP contribution in [-0.4, -0.2) is 18.1 Å². The molecule has 0 spiro atoms. The SMILES string of the molecule is COC(=O)c1cc(C2(N)CC2)ccn1. The van der Waals surface area contributed by atoms with Crippen molar-refractivity contribution in [3.63, 3.8) is 0 Å². The highest BCUT2D eigenvalue weighted by Crippen LogP contribution is 2.42. The summed E-state index contributed by atoms with van der Waals surface area (Å²) in [5, 5.41) is 0. The normalized spacial score (nSPS) is 17.6. The van der Waals surface area contributed by atoms with Gasteiger partial charge in [-0.15, -0.1) is 0 Å². The maximum absolute atomic E-state index is 11.2. The number of ether oxygens (including phenoxy) is 1. The first-order valence-electron chi connectivity index (χ1n) is 4.49. The van der Waals surface area contributed by atoms with Gasteiger partial charge in [-0.05, 0) is 30.5 Å². The number of nitrogens with zero attached hydrogens (tertiary/aromatic N) is 1. The molecule has 0 aliphatic heterocycles. The predicted molar refractivity (Wildman–Crippen MR) is 50.7 cm³/mol. The fourth-order valence-corrected chi connectivity index (χ4v) is 1.38. The summed E-state index contributed by atoms with van der Waals surface area (Å²) in [6, 6.07) is 3.55. The summed E-state index contributed by atoms with van der Waals surface area (Å²) in [7, 11) is 1.34. The maximum Gasteiger partial charge on any atom is 0.356 e. The molecule has 1 saturated carbocycles. The van der Waals surface area contributed by atoms with Gasteiger partial charge >= 0.3 is 5.97 Å². The van der Waals surface area contributed by atoms with E-state index in [4.69, 9.17) is 5.73 Å². The van der Waals surface area contributed by atoms with Crippen molar-refractivity contribution < 1.29 is 9.53 Å². The molecule has 4 heteroatoms. The molecule has 1 aromatic rings. The van der Waals surface area contributed by atoms with Gasteiger partial charge in [0, 0.05) is 11.7 Å². The Bertz CT molecular complexity index is 372. The molecule has 0 saturated heterocycles. The van der Waals surface area contributed by atoms with E-state index in [0.29, 0.717) is 5.69 Å². The Balaban J connectivity index is 2.32. The van der Waals surface area contributed by atoms with Crippen molar-refractivity contribution in [2.45, 2.75) is 18.4 Å². The summed E-state index contributed by atoms with van der Waals surface area (Å²) in [6.07, 6.45) is 3.53. The van der Waals surface area contributed by atoms with Crippen LogP contribution in [0.1, 0.15) is 28.9 Å². The van der Waals surface area contributed by atoms with Gasteiger partial charge in [0.15, 0.2) is 0 Å². The molecule has 0 amide bonds. The van der Waals surface area contributed by atoms with Crippen LogP contribution in [0.5, 0.6) is 0 Å². The second-order valence-corrected chi connectivity index (χ2v) is 3.58. The molecule has 0 bridgehead atoms.